The molecule has 23 heavy (non-hydrogen) atoms. The van der Waals surface area contributed by atoms with Crippen molar-refractivity contribution < 1.29 is 9.18 Å². The Hall–Kier alpha value is -2.97. The van der Waals surface area contributed by atoms with Crippen molar-refractivity contribution in [2.75, 3.05) is 11.9 Å². The lowest BCUT2D eigenvalue weighted by molar-refractivity contribution is 0.0921. The minimum absolute atomic E-state index is 0.222. The quantitative estimate of drug-likeness (QED) is 0.741. The lowest BCUT2D eigenvalue weighted by atomic mass is 10.3. The highest BCUT2D eigenvalue weighted by molar-refractivity contribution is 5.91. The maximum Gasteiger partial charge on any atom is 0.289 e. The smallest absolute Gasteiger partial charge is 0.289 e. The van der Waals surface area contributed by atoms with Crippen LogP contribution in [-0.4, -0.2) is 36.8 Å². The Kier molecular flexibility index (Phi) is 3.00. The summed E-state index contributed by atoms with van der Waals surface area (Å²) in [5.41, 5.74) is 1.02. The van der Waals surface area contributed by atoms with Crippen LogP contribution in [0.25, 0.3) is 11.0 Å². The first-order chi connectivity index (χ1) is 11.1. The molecule has 0 bridgehead atoms. The van der Waals surface area contributed by atoms with Gasteiger partial charge in [-0.15, -0.1) is 10.2 Å². The number of carbonyl (C=O) groups excluding carboxylic acids is 1. The molecule has 2 aromatic heterocycles. The molecule has 0 radical (unpaired) electrons. The molecule has 0 unspecified atom stereocenters. The molecule has 1 amide bonds. The number of hydrogen-bond donors (Lipinski definition) is 2. The maximum atomic E-state index is 13.8. The third kappa shape index (κ3) is 2.12. The van der Waals surface area contributed by atoms with Crippen molar-refractivity contribution in [3.8, 4) is 0 Å². The van der Waals surface area contributed by atoms with E-state index in [1.165, 1.54) is 6.07 Å². The van der Waals surface area contributed by atoms with Gasteiger partial charge in [-0.2, -0.15) is 0 Å². The zero-order chi connectivity index (χ0) is 16.0. The Labute approximate surface area is 130 Å². The number of hydrogen-bond acceptors (Lipinski definition) is 5. The van der Waals surface area contributed by atoms with Crippen molar-refractivity contribution in [1.82, 2.24) is 29.6 Å². The maximum absolute atomic E-state index is 13.8. The molecule has 0 saturated carbocycles. The zero-order valence-corrected chi connectivity index (χ0v) is 12.4. The highest BCUT2D eigenvalue weighted by Gasteiger charge is 2.22. The minimum atomic E-state index is -0.359. The van der Waals surface area contributed by atoms with Crippen LogP contribution in [0.2, 0.25) is 0 Å². The minimum Gasteiger partial charge on any atom is -0.348 e. The van der Waals surface area contributed by atoms with E-state index in [9.17, 15) is 9.18 Å². The molecular formula is C14H14FN7O. The molecule has 4 rings (SSSR count). The normalized spacial score (nSPS) is 13.9. The number of nitrogens with one attached hydrogen (secondary N) is 2. The van der Waals surface area contributed by atoms with E-state index in [1.807, 2.05) is 7.05 Å². The number of aryl methyl sites for hydroxylation is 1. The molecule has 8 nitrogen and oxygen atoms in total. The number of nitrogens with zero attached hydrogens (tertiary/aromatic N) is 5. The van der Waals surface area contributed by atoms with E-state index in [-0.39, 0.29) is 11.7 Å². The van der Waals surface area contributed by atoms with Crippen LogP contribution in [0.15, 0.2) is 18.2 Å². The second kappa shape index (κ2) is 5.04. The largest absolute Gasteiger partial charge is 0.348 e. The molecular weight excluding hydrogens is 301 g/mol. The Morgan fingerprint density at radius 1 is 1.39 bits per heavy atom. The molecule has 1 aliphatic heterocycles. The van der Waals surface area contributed by atoms with Crippen LogP contribution in [0.3, 0.4) is 0 Å². The Morgan fingerprint density at radius 3 is 3.09 bits per heavy atom. The number of amides is 1. The summed E-state index contributed by atoms with van der Waals surface area (Å²) in [6.45, 7) is 1.52. The molecule has 0 saturated heterocycles. The summed E-state index contributed by atoms with van der Waals surface area (Å²) >= 11 is 0. The van der Waals surface area contributed by atoms with Crippen LogP contribution in [0, 0.1) is 5.82 Å². The van der Waals surface area contributed by atoms with E-state index in [1.54, 1.807) is 21.3 Å². The van der Waals surface area contributed by atoms with Crippen molar-refractivity contribution in [3.05, 3.63) is 35.7 Å². The number of halogens is 1. The fraction of sp³-hybridized carbons (Fsp3) is 0.286. The molecule has 118 valence electrons. The molecule has 9 heteroatoms. The fourth-order valence-electron chi connectivity index (χ4n) is 2.73. The number of para-hydroxylation sites is 1. The second-order valence-corrected chi connectivity index (χ2v) is 5.30. The average molecular weight is 315 g/mol. The van der Waals surface area contributed by atoms with Gasteiger partial charge in [-0.05, 0) is 12.1 Å². The van der Waals surface area contributed by atoms with Gasteiger partial charge < -0.3 is 19.8 Å². The second-order valence-electron chi connectivity index (χ2n) is 5.30. The van der Waals surface area contributed by atoms with Crippen LogP contribution >= 0.6 is 0 Å². The molecule has 0 aliphatic carbocycles. The van der Waals surface area contributed by atoms with Crippen molar-refractivity contribution >= 4 is 22.9 Å². The molecule has 2 N–H and O–H groups in total. The lowest BCUT2D eigenvalue weighted by Gasteiger charge is -2.15. The topological polar surface area (TPSA) is 89.7 Å². The monoisotopic (exact) mass is 315 g/mol. The van der Waals surface area contributed by atoms with Gasteiger partial charge in [0.2, 0.25) is 11.8 Å². The molecule has 1 aliphatic rings. The number of benzene rings is 1. The Bertz CT molecular complexity index is 913. The first-order valence-corrected chi connectivity index (χ1v) is 7.20. The van der Waals surface area contributed by atoms with Gasteiger partial charge in [-0.1, -0.05) is 6.07 Å². The summed E-state index contributed by atoms with van der Waals surface area (Å²) in [4.78, 5) is 15.9. The number of anilines is 1. The summed E-state index contributed by atoms with van der Waals surface area (Å²) in [7, 11) is 1.81. The SMILES string of the molecule is Cn1c(NCc2nnc3n2CCNC3=O)nc2c(F)cccc21. The highest BCUT2D eigenvalue weighted by Crippen LogP contribution is 2.21. The third-order valence-electron chi connectivity index (χ3n) is 3.92. The van der Waals surface area contributed by atoms with Crippen molar-refractivity contribution in [2.45, 2.75) is 13.1 Å². The van der Waals surface area contributed by atoms with Crippen LogP contribution < -0.4 is 10.6 Å². The van der Waals surface area contributed by atoms with Crippen molar-refractivity contribution in [2.24, 2.45) is 7.05 Å². The lowest BCUT2D eigenvalue weighted by Crippen LogP contribution is -2.36. The van der Waals surface area contributed by atoms with Gasteiger partial charge in [0.1, 0.15) is 5.52 Å². The van der Waals surface area contributed by atoms with Gasteiger partial charge in [0.05, 0.1) is 12.1 Å². The van der Waals surface area contributed by atoms with Gasteiger partial charge in [0, 0.05) is 20.1 Å². The summed E-state index contributed by atoms with van der Waals surface area (Å²) in [6, 6.07) is 4.84. The molecule has 3 heterocycles. The molecule has 3 aromatic rings. The fourth-order valence-corrected chi connectivity index (χ4v) is 2.73. The van der Waals surface area contributed by atoms with Crippen molar-refractivity contribution in [3.63, 3.8) is 0 Å². The van der Waals surface area contributed by atoms with E-state index in [4.69, 9.17) is 0 Å². The van der Waals surface area contributed by atoms with Gasteiger partial charge >= 0.3 is 0 Å². The summed E-state index contributed by atoms with van der Waals surface area (Å²) < 4.78 is 17.3. The Morgan fingerprint density at radius 2 is 2.26 bits per heavy atom. The summed E-state index contributed by atoms with van der Waals surface area (Å²) in [5.74, 6) is 0.900. The molecule has 1 aromatic carbocycles. The van der Waals surface area contributed by atoms with Gasteiger partial charge in [0.15, 0.2) is 11.6 Å². The summed E-state index contributed by atoms with van der Waals surface area (Å²) in [6.07, 6.45) is 0. The van der Waals surface area contributed by atoms with Gasteiger partial charge in [-0.3, -0.25) is 4.79 Å². The molecule has 0 spiro atoms. The van der Waals surface area contributed by atoms with E-state index < -0.39 is 0 Å². The Balaban J connectivity index is 1.62. The number of rotatable bonds is 3. The molecule has 0 atom stereocenters. The van der Waals surface area contributed by atoms with E-state index in [0.717, 1.165) is 0 Å². The van der Waals surface area contributed by atoms with Crippen LogP contribution in [-0.2, 0) is 20.1 Å². The van der Waals surface area contributed by atoms with Crippen LogP contribution in [0.4, 0.5) is 10.3 Å². The van der Waals surface area contributed by atoms with Crippen LogP contribution in [0.5, 0.6) is 0 Å². The summed E-state index contributed by atoms with van der Waals surface area (Å²) in [5, 5.41) is 13.8. The number of fused-ring (bicyclic) bond motifs is 2. The predicted octanol–water partition coefficient (Wildman–Crippen LogP) is 0.659. The van der Waals surface area contributed by atoms with Gasteiger partial charge in [0.25, 0.3) is 5.91 Å². The zero-order valence-electron chi connectivity index (χ0n) is 12.4. The highest BCUT2D eigenvalue weighted by atomic mass is 19.1. The molecule has 0 fully saturated rings. The standard InChI is InChI=1S/C14H14FN7O/c1-21-9-4-2-3-8(15)11(9)18-14(21)17-7-10-19-20-12-13(23)16-5-6-22(10)12/h2-4H,5-7H2,1H3,(H,16,23)(H,17,18). The number of imidazole rings is 1. The number of aromatic nitrogens is 5. The van der Waals surface area contributed by atoms with E-state index >= 15 is 0 Å². The van der Waals surface area contributed by atoms with E-state index in [2.05, 4.69) is 25.8 Å². The van der Waals surface area contributed by atoms with E-state index in [0.29, 0.717) is 48.3 Å². The number of carbonyl (C=O) groups is 1. The van der Waals surface area contributed by atoms with Crippen molar-refractivity contribution in [1.29, 1.82) is 0 Å². The first kappa shape index (κ1) is 13.7. The van der Waals surface area contributed by atoms with Gasteiger partial charge in [-0.25, -0.2) is 9.37 Å². The average Bonchev–Trinajstić information content (AvgIpc) is 3.10. The predicted molar refractivity (Wildman–Crippen MR) is 80.4 cm³/mol. The third-order valence-corrected chi connectivity index (χ3v) is 3.92. The first-order valence-electron chi connectivity index (χ1n) is 7.20. The van der Waals surface area contributed by atoms with Crippen LogP contribution in [0.1, 0.15) is 16.4 Å².